The highest BCUT2D eigenvalue weighted by molar-refractivity contribution is 7.94. The lowest BCUT2D eigenvalue weighted by Gasteiger charge is -2.15. The van der Waals surface area contributed by atoms with Crippen LogP contribution in [-0.2, 0) is 10.0 Å². The summed E-state index contributed by atoms with van der Waals surface area (Å²) in [4.78, 5) is 0. The second-order valence-corrected chi connectivity index (χ2v) is 8.84. The molecule has 0 aliphatic carbocycles. The quantitative estimate of drug-likeness (QED) is 0.608. The molecule has 0 fully saturated rings. The Morgan fingerprint density at radius 2 is 1.56 bits per heavy atom. The molecule has 0 radical (unpaired) electrons. The molecule has 0 saturated carbocycles. The summed E-state index contributed by atoms with van der Waals surface area (Å²) < 4.78 is 27.4. The molecule has 25 heavy (non-hydrogen) atoms. The molecule has 0 atom stereocenters. The highest BCUT2D eigenvalue weighted by Gasteiger charge is 2.15. The predicted octanol–water partition coefficient (Wildman–Crippen LogP) is 5.42. The zero-order chi connectivity index (χ0) is 17.9. The minimum Gasteiger partial charge on any atom is -0.355 e. The van der Waals surface area contributed by atoms with Crippen molar-refractivity contribution in [3.63, 3.8) is 0 Å². The van der Waals surface area contributed by atoms with Crippen LogP contribution in [0.15, 0.2) is 70.3 Å². The van der Waals surface area contributed by atoms with E-state index in [1.54, 1.807) is 29.6 Å². The lowest BCUT2D eigenvalue weighted by molar-refractivity contribution is 0.603. The molecular weight excluding hydrogens is 352 g/mol. The SMILES string of the molecule is CC(C)c1ccccc1Nc1ccc(NS(=O)(=O)c2cccs2)cc1. The van der Waals surface area contributed by atoms with Crippen LogP contribution in [0.3, 0.4) is 0 Å². The van der Waals surface area contributed by atoms with Crippen molar-refractivity contribution in [1.29, 1.82) is 0 Å². The third-order valence-corrected chi connectivity index (χ3v) is 6.54. The highest BCUT2D eigenvalue weighted by Crippen LogP contribution is 2.28. The van der Waals surface area contributed by atoms with Crippen LogP contribution in [0.25, 0.3) is 0 Å². The van der Waals surface area contributed by atoms with Crippen LogP contribution in [0.4, 0.5) is 17.1 Å². The molecule has 3 rings (SSSR count). The van der Waals surface area contributed by atoms with E-state index < -0.39 is 10.0 Å². The van der Waals surface area contributed by atoms with Crippen molar-refractivity contribution in [1.82, 2.24) is 0 Å². The summed E-state index contributed by atoms with van der Waals surface area (Å²) in [5, 5.41) is 5.14. The highest BCUT2D eigenvalue weighted by atomic mass is 32.2. The zero-order valence-electron chi connectivity index (χ0n) is 14.1. The first-order valence-corrected chi connectivity index (χ1v) is 10.3. The van der Waals surface area contributed by atoms with E-state index >= 15 is 0 Å². The van der Waals surface area contributed by atoms with Gasteiger partial charge in [0.2, 0.25) is 0 Å². The minimum absolute atomic E-state index is 0.306. The third kappa shape index (κ3) is 4.21. The van der Waals surface area contributed by atoms with E-state index in [0.29, 0.717) is 15.8 Å². The van der Waals surface area contributed by atoms with Crippen LogP contribution in [0, 0.1) is 0 Å². The molecule has 0 bridgehead atoms. The number of para-hydroxylation sites is 1. The molecule has 4 nitrogen and oxygen atoms in total. The molecule has 0 amide bonds. The lowest BCUT2D eigenvalue weighted by Crippen LogP contribution is -2.11. The van der Waals surface area contributed by atoms with E-state index in [4.69, 9.17) is 0 Å². The molecule has 3 aromatic rings. The maximum Gasteiger partial charge on any atom is 0.271 e. The van der Waals surface area contributed by atoms with Crippen LogP contribution in [0.1, 0.15) is 25.3 Å². The van der Waals surface area contributed by atoms with Crippen LogP contribution in [0.5, 0.6) is 0 Å². The molecule has 2 aromatic carbocycles. The molecule has 2 N–H and O–H groups in total. The van der Waals surface area contributed by atoms with Gasteiger partial charge < -0.3 is 5.32 Å². The van der Waals surface area contributed by atoms with Crippen molar-refractivity contribution in [3.8, 4) is 0 Å². The normalized spacial score (nSPS) is 11.5. The maximum atomic E-state index is 12.2. The number of hydrogen-bond donors (Lipinski definition) is 2. The molecular formula is C19H20N2O2S2. The van der Waals surface area contributed by atoms with Crippen molar-refractivity contribution in [2.24, 2.45) is 0 Å². The van der Waals surface area contributed by atoms with E-state index in [-0.39, 0.29) is 0 Å². The number of rotatable bonds is 6. The summed E-state index contributed by atoms with van der Waals surface area (Å²) in [5.41, 5.74) is 3.75. The Labute approximate surface area is 152 Å². The summed E-state index contributed by atoms with van der Waals surface area (Å²) >= 11 is 1.20. The first kappa shape index (κ1) is 17.5. The second kappa shape index (κ2) is 7.29. The number of hydrogen-bond acceptors (Lipinski definition) is 4. The van der Waals surface area contributed by atoms with E-state index in [0.717, 1.165) is 11.4 Å². The van der Waals surface area contributed by atoms with Gasteiger partial charge in [-0.2, -0.15) is 0 Å². The van der Waals surface area contributed by atoms with Gasteiger partial charge in [-0.05, 0) is 53.3 Å². The lowest BCUT2D eigenvalue weighted by atomic mass is 10.0. The van der Waals surface area contributed by atoms with Crippen molar-refractivity contribution < 1.29 is 8.42 Å². The Morgan fingerprint density at radius 3 is 2.20 bits per heavy atom. The van der Waals surface area contributed by atoms with Gasteiger partial charge in [-0.3, -0.25) is 4.72 Å². The van der Waals surface area contributed by atoms with Gasteiger partial charge in [-0.15, -0.1) is 11.3 Å². The fraction of sp³-hybridized carbons (Fsp3) is 0.158. The van der Waals surface area contributed by atoms with Gasteiger partial charge in [-0.1, -0.05) is 38.1 Å². The molecule has 6 heteroatoms. The Balaban J connectivity index is 1.75. The molecule has 0 spiro atoms. The maximum absolute atomic E-state index is 12.2. The summed E-state index contributed by atoms with van der Waals surface area (Å²) in [6.45, 7) is 4.31. The molecule has 1 heterocycles. The number of sulfonamides is 1. The van der Waals surface area contributed by atoms with E-state index in [1.165, 1.54) is 16.9 Å². The van der Waals surface area contributed by atoms with E-state index in [9.17, 15) is 8.42 Å². The van der Waals surface area contributed by atoms with Gasteiger partial charge >= 0.3 is 0 Å². The van der Waals surface area contributed by atoms with Gasteiger partial charge in [0.05, 0.1) is 0 Å². The average Bonchev–Trinajstić information content (AvgIpc) is 3.12. The fourth-order valence-electron chi connectivity index (χ4n) is 2.51. The summed E-state index contributed by atoms with van der Waals surface area (Å²) in [7, 11) is -3.51. The van der Waals surface area contributed by atoms with Crippen molar-refractivity contribution in [2.75, 3.05) is 10.0 Å². The van der Waals surface area contributed by atoms with Gasteiger partial charge in [0.25, 0.3) is 10.0 Å². The Morgan fingerprint density at radius 1 is 0.880 bits per heavy atom. The predicted molar refractivity (Wildman–Crippen MR) is 105 cm³/mol. The van der Waals surface area contributed by atoms with Crippen LogP contribution < -0.4 is 10.0 Å². The van der Waals surface area contributed by atoms with Crippen molar-refractivity contribution in [3.05, 3.63) is 71.6 Å². The Bertz CT molecular complexity index is 932. The molecule has 1 aromatic heterocycles. The van der Waals surface area contributed by atoms with Crippen LogP contribution in [-0.4, -0.2) is 8.42 Å². The first-order valence-electron chi connectivity index (χ1n) is 7.98. The average molecular weight is 373 g/mol. The summed E-state index contributed by atoms with van der Waals surface area (Å²) in [5.74, 6) is 0.417. The summed E-state index contributed by atoms with van der Waals surface area (Å²) in [6, 6.07) is 18.7. The van der Waals surface area contributed by atoms with Gasteiger partial charge in [0, 0.05) is 17.1 Å². The first-order chi connectivity index (χ1) is 12.0. The number of anilines is 3. The fourth-order valence-corrected chi connectivity index (χ4v) is 4.56. The van der Waals surface area contributed by atoms with E-state index in [2.05, 4.69) is 30.0 Å². The molecule has 0 aliphatic rings. The number of benzene rings is 2. The van der Waals surface area contributed by atoms with Gasteiger partial charge in [0.15, 0.2) is 0 Å². The van der Waals surface area contributed by atoms with Gasteiger partial charge in [-0.25, -0.2) is 8.42 Å². The molecule has 0 aliphatic heterocycles. The third-order valence-electron chi connectivity index (χ3n) is 3.76. The Hall–Kier alpha value is -2.31. The van der Waals surface area contributed by atoms with E-state index in [1.807, 2.05) is 30.3 Å². The van der Waals surface area contributed by atoms with Crippen LogP contribution >= 0.6 is 11.3 Å². The largest absolute Gasteiger partial charge is 0.355 e. The number of thiophene rings is 1. The topological polar surface area (TPSA) is 58.2 Å². The smallest absolute Gasteiger partial charge is 0.271 e. The second-order valence-electron chi connectivity index (χ2n) is 5.98. The van der Waals surface area contributed by atoms with Crippen molar-refractivity contribution in [2.45, 2.75) is 24.0 Å². The monoisotopic (exact) mass is 372 g/mol. The zero-order valence-corrected chi connectivity index (χ0v) is 15.7. The van der Waals surface area contributed by atoms with Gasteiger partial charge in [0.1, 0.15) is 4.21 Å². The number of nitrogens with one attached hydrogen (secondary N) is 2. The summed E-state index contributed by atoms with van der Waals surface area (Å²) in [6.07, 6.45) is 0. The minimum atomic E-state index is -3.51. The molecule has 0 saturated heterocycles. The van der Waals surface area contributed by atoms with Crippen LogP contribution in [0.2, 0.25) is 0 Å². The molecule has 0 unspecified atom stereocenters. The molecule has 130 valence electrons. The van der Waals surface area contributed by atoms with Crippen molar-refractivity contribution >= 4 is 38.4 Å². The standard InChI is InChI=1S/C19H20N2O2S2/c1-14(2)17-6-3-4-7-18(17)20-15-9-11-16(12-10-15)21-25(22,23)19-8-5-13-24-19/h3-14,20-21H,1-2H3. The Kier molecular flexibility index (Phi) is 5.11.